The fourth-order valence-corrected chi connectivity index (χ4v) is 3.04. The molecule has 0 amide bonds. The molecule has 0 saturated heterocycles. The number of benzene rings is 3. The number of nitrogens with zero attached hydrogens (tertiary/aromatic N) is 1. The van der Waals surface area contributed by atoms with Crippen LogP contribution in [0.2, 0.25) is 0 Å². The van der Waals surface area contributed by atoms with Crippen molar-refractivity contribution in [1.29, 1.82) is 0 Å². The largest absolute Gasteiger partial charge is 0.489 e. The fourth-order valence-electron chi connectivity index (χ4n) is 3.04. The predicted octanol–water partition coefficient (Wildman–Crippen LogP) is 4.88. The van der Waals surface area contributed by atoms with E-state index in [-0.39, 0.29) is 0 Å². The summed E-state index contributed by atoms with van der Waals surface area (Å²) >= 11 is 0. The molecule has 0 bridgehead atoms. The highest BCUT2D eigenvalue weighted by Gasteiger charge is 2.20. The third-order valence-electron chi connectivity index (χ3n) is 4.50. The molecule has 3 aromatic carbocycles. The van der Waals surface area contributed by atoms with Crippen LogP contribution in [0.4, 0.5) is 0 Å². The lowest BCUT2D eigenvalue weighted by Crippen LogP contribution is -2.15. The van der Waals surface area contributed by atoms with Crippen LogP contribution in [0, 0.1) is 0 Å². The number of carbonyl (C=O) groups excluding carboxylic acids is 2. The van der Waals surface area contributed by atoms with E-state index in [1.165, 1.54) is 12.4 Å². The summed E-state index contributed by atoms with van der Waals surface area (Å²) in [5, 5.41) is 1.57. The van der Waals surface area contributed by atoms with Gasteiger partial charge >= 0.3 is 0 Å². The van der Waals surface area contributed by atoms with Crippen molar-refractivity contribution in [2.75, 3.05) is 0 Å². The molecule has 0 N–H and O–H groups in total. The average molecular weight is 367 g/mol. The lowest BCUT2D eigenvalue weighted by molar-refractivity contribution is 0.0818. The Bertz CT molecular complexity index is 1140. The molecular weight excluding hydrogens is 350 g/mol. The first-order valence-electron chi connectivity index (χ1n) is 8.91. The molecule has 0 saturated carbocycles. The second kappa shape index (κ2) is 7.84. The Morgan fingerprint density at radius 1 is 0.786 bits per heavy atom. The van der Waals surface area contributed by atoms with Crippen LogP contribution in [0.5, 0.6) is 5.75 Å². The van der Waals surface area contributed by atoms with Gasteiger partial charge in [-0.3, -0.25) is 14.6 Å². The normalized spacial score (nSPS) is 10.6. The van der Waals surface area contributed by atoms with Crippen molar-refractivity contribution in [3.63, 3.8) is 0 Å². The first-order chi connectivity index (χ1) is 13.7. The highest BCUT2D eigenvalue weighted by atomic mass is 16.5. The van der Waals surface area contributed by atoms with Gasteiger partial charge in [0.25, 0.3) is 0 Å². The second-order valence-corrected chi connectivity index (χ2v) is 6.36. The fraction of sp³-hybridized carbons (Fsp3) is 0.0417. The van der Waals surface area contributed by atoms with Crippen molar-refractivity contribution in [2.24, 2.45) is 0 Å². The third kappa shape index (κ3) is 3.67. The molecule has 0 aliphatic rings. The first-order valence-corrected chi connectivity index (χ1v) is 8.91. The number of aromatic nitrogens is 1. The maximum Gasteiger partial charge on any atom is 0.234 e. The standard InChI is InChI=1S/C24H17NO3/c26-23(19-11-13-25-14-12-19)24(27)21-8-4-7-18-9-10-20(15-22(18)21)28-16-17-5-2-1-3-6-17/h1-15H,16H2. The van der Waals surface area contributed by atoms with E-state index in [9.17, 15) is 9.59 Å². The van der Waals surface area contributed by atoms with Crippen molar-refractivity contribution in [3.05, 3.63) is 108 Å². The van der Waals surface area contributed by atoms with E-state index in [0.29, 0.717) is 28.9 Å². The van der Waals surface area contributed by atoms with Crippen LogP contribution in [0.1, 0.15) is 26.3 Å². The number of ether oxygens (including phenoxy) is 1. The summed E-state index contributed by atoms with van der Waals surface area (Å²) in [7, 11) is 0. The van der Waals surface area contributed by atoms with Gasteiger partial charge in [-0.25, -0.2) is 0 Å². The smallest absolute Gasteiger partial charge is 0.234 e. The maximum absolute atomic E-state index is 12.8. The van der Waals surface area contributed by atoms with Crippen LogP contribution in [0.15, 0.2) is 91.3 Å². The highest BCUT2D eigenvalue weighted by molar-refractivity contribution is 6.50. The Balaban J connectivity index is 1.65. The molecule has 0 aliphatic carbocycles. The molecule has 0 atom stereocenters. The summed E-state index contributed by atoms with van der Waals surface area (Å²) in [6, 6.07) is 23.9. The summed E-state index contributed by atoms with van der Waals surface area (Å²) < 4.78 is 5.88. The van der Waals surface area contributed by atoms with E-state index < -0.39 is 11.6 Å². The maximum atomic E-state index is 12.8. The van der Waals surface area contributed by atoms with E-state index in [1.54, 1.807) is 24.3 Å². The van der Waals surface area contributed by atoms with Crippen LogP contribution in [-0.4, -0.2) is 16.6 Å². The molecular formula is C24H17NO3. The topological polar surface area (TPSA) is 56.3 Å². The molecule has 0 fully saturated rings. The number of Topliss-reactive ketones (excluding diaryl/α,β-unsaturated/α-hetero) is 2. The van der Waals surface area contributed by atoms with Gasteiger partial charge in [0.1, 0.15) is 12.4 Å². The number of pyridine rings is 1. The number of hydrogen-bond acceptors (Lipinski definition) is 4. The van der Waals surface area contributed by atoms with Gasteiger partial charge in [-0.2, -0.15) is 0 Å². The minimum absolute atomic E-state index is 0.327. The van der Waals surface area contributed by atoms with Crippen LogP contribution in [0.25, 0.3) is 10.8 Å². The van der Waals surface area contributed by atoms with Crippen molar-refractivity contribution in [3.8, 4) is 5.75 Å². The molecule has 4 rings (SSSR count). The van der Waals surface area contributed by atoms with Gasteiger partial charge in [0.2, 0.25) is 11.6 Å². The van der Waals surface area contributed by atoms with Crippen LogP contribution >= 0.6 is 0 Å². The van der Waals surface area contributed by atoms with Crippen molar-refractivity contribution in [1.82, 2.24) is 4.98 Å². The Labute approximate surface area is 162 Å². The number of carbonyl (C=O) groups is 2. The highest BCUT2D eigenvalue weighted by Crippen LogP contribution is 2.26. The van der Waals surface area contributed by atoms with Gasteiger partial charge in [0.05, 0.1) is 0 Å². The zero-order valence-corrected chi connectivity index (χ0v) is 15.0. The van der Waals surface area contributed by atoms with Gasteiger partial charge < -0.3 is 4.74 Å². The molecule has 136 valence electrons. The number of rotatable bonds is 6. The lowest BCUT2D eigenvalue weighted by atomic mass is 9.97. The summed E-state index contributed by atoms with van der Waals surface area (Å²) in [6.45, 7) is 0.429. The Morgan fingerprint density at radius 2 is 1.57 bits per heavy atom. The Kier molecular flexibility index (Phi) is 4.93. The van der Waals surface area contributed by atoms with Gasteiger partial charge in [-0.15, -0.1) is 0 Å². The van der Waals surface area contributed by atoms with Gasteiger partial charge in [0.15, 0.2) is 0 Å². The van der Waals surface area contributed by atoms with Gasteiger partial charge in [-0.05, 0) is 40.6 Å². The molecule has 4 aromatic rings. The van der Waals surface area contributed by atoms with E-state index >= 15 is 0 Å². The van der Waals surface area contributed by atoms with E-state index in [4.69, 9.17) is 4.74 Å². The Hall–Kier alpha value is -3.79. The van der Waals surface area contributed by atoms with Gasteiger partial charge in [-0.1, -0.05) is 54.6 Å². The first kappa shape index (κ1) is 17.6. The van der Waals surface area contributed by atoms with Crippen LogP contribution in [0.3, 0.4) is 0 Å². The quantitative estimate of drug-likeness (QED) is 0.360. The number of hydrogen-bond donors (Lipinski definition) is 0. The molecule has 0 aliphatic heterocycles. The van der Waals surface area contributed by atoms with Gasteiger partial charge in [0, 0.05) is 23.5 Å². The second-order valence-electron chi connectivity index (χ2n) is 6.36. The summed E-state index contributed by atoms with van der Waals surface area (Å²) in [5.74, 6) is -0.449. The predicted molar refractivity (Wildman–Crippen MR) is 108 cm³/mol. The molecule has 4 nitrogen and oxygen atoms in total. The van der Waals surface area contributed by atoms with Crippen molar-refractivity contribution < 1.29 is 14.3 Å². The molecule has 0 unspecified atom stereocenters. The molecule has 1 aromatic heterocycles. The summed E-state index contributed by atoms with van der Waals surface area (Å²) in [4.78, 5) is 29.3. The van der Waals surface area contributed by atoms with Crippen molar-refractivity contribution in [2.45, 2.75) is 6.61 Å². The van der Waals surface area contributed by atoms with E-state index in [0.717, 1.165) is 10.9 Å². The summed E-state index contributed by atoms with van der Waals surface area (Å²) in [6.07, 6.45) is 3.00. The van der Waals surface area contributed by atoms with E-state index in [1.807, 2.05) is 54.6 Å². The third-order valence-corrected chi connectivity index (χ3v) is 4.50. The SMILES string of the molecule is O=C(C(=O)c1cccc2ccc(OCc3ccccc3)cc12)c1ccncc1. The Morgan fingerprint density at radius 3 is 2.36 bits per heavy atom. The summed E-state index contributed by atoms with van der Waals surface area (Å²) in [5.41, 5.74) is 1.75. The van der Waals surface area contributed by atoms with Crippen LogP contribution in [-0.2, 0) is 6.61 Å². The average Bonchev–Trinajstić information content (AvgIpc) is 2.77. The van der Waals surface area contributed by atoms with Crippen molar-refractivity contribution >= 4 is 22.3 Å². The zero-order chi connectivity index (χ0) is 19.3. The number of fused-ring (bicyclic) bond motifs is 1. The van der Waals surface area contributed by atoms with E-state index in [2.05, 4.69) is 4.98 Å². The molecule has 4 heteroatoms. The molecule has 28 heavy (non-hydrogen) atoms. The lowest BCUT2D eigenvalue weighted by Gasteiger charge is -2.10. The number of ketones is 2. The monoisotopic (exact) mass is 367 g/mol. The van der Waals surface area contributed by atoms with Crippen LogP contribution < -0.4 is 4.74 Å². The zero-order valence-electron chi connectivity index (χ0n) is 15.0. The minimum atomic E-state index is -0.550. The molecule has 1 heterocycles. The molecule has 0 radical (unpaired) electrons. The molecule has 0 spiro atoms. The minimum Gasteiger partial charge on any atom is -0.489 e.